The number of benzene rings is 2. The van der Waals surface area contributed by atoms with Gasteiger partial charge in [-0.15, -0.1) is 0 Å². The number of aromatic nitrogens is 1. The molecule has 0 spiro atoms. The average Bonchev–Trinajstić information content (AvgIpc) is 2.68. The Hall–Kier alpha value is -3.55. The second kappa shape index (κ2) is 7.99. The van der Waals surface area contributed by atoms with Gasteiger partial charge >= 0.3 is 6.18 Å². The van der Waals surface area contributed by atoms with Crippen LogP contribution in [0.4, 0.5) is 18.9 Å². The number of methoxy groups -OCH3 is 1. The molecule has 28 heavy (non-hydrogen) atoms. The summed E-state index contributed by atoms with van der Waals surface area (Å²) in [6.45, 7) is 0. The predicted octanol–water partition coefficient (Wildman–Crippen LogP) is 5.15. The number of ether oxygens (including phenoxy) is 2. The molecular formula is C20H15F3N2O3. The van der Waals surface area contributed by atoms with Gasteiger partial charge in [0.15, 0.2) is 0 Å². The van der Waals surface area contributed by atoms with Crippen molar-refractivity contribution in [2.75, 3.05) is 12.4 Å². The Morgan fingerprint density at radius 2 is 1.71 bits per heavy atom. The van der Waals surface area contributed by atoms with E-state index in [0.717, 1.165) is 12.1 Å². The van der Waals surface area contributed by atoms with Gasteiger partial charge in [-0.25, -0.2) is 4.98 Å². The second-order valence-corrected chi connectivity index (χ2v) is 5.68. The fourth-order valence-corrected chi connectivity index (χ4v) is 2.34. The van der Waals surface area contributed by atoms with Crippen molar-refractivity contribution >= 4 is 11.6 Å². The molecule has 3 aromatic rings. The number of anilines is 1. The molecule has 0 aliphatic rings. The smallest absolute Gasteiger partial charge is 0.416 e. The lowest BCUT2D eigenvalue weighted by atomic mass is 10.2. The highest BCUT2D eigenvalue weighted by Crippen LogP contribution is 2.33. The minimum absolute atomic E-state index is 0.00909. The highest BCUT2D eigenvalue weighted by Gasteiger charge is 2.30. The average molecular weight is 388 g/mol. The molecule has 0 aliphatic carbocycles. The molecule has 0 saturated heterocycles. The Morgan fingerprint density at radius 1 is 0.964 bits per heavy atom. The van der Waals surface area contributed by atoms with Gasteiger partial charge in [0.2, 0.25) is 5.88 Å². The summed E-state index contributed by atoms with van der Waals surface area (Å²) in [4.78, 5) is 16.5. The van der Waals surface area contributed by atoms with Crippen LogP contribution >= 0.6 is 0 Å². The Balaban J connectivity index is 1.86. The maximum Gasteiger partial charge on any atom is 0.416 e. The van der Waals surface area contributed by atoms with Gasteiger partial charge in [0.05, 0.1) is 12.7 Å². The van der Waals surface area contributed by atoms with E-state index in [1.807, 2.05) is 0 Å². The minimum atomic E-state index is -4.50. The van der Waals surface area contributed by atoms with Crippen LogP contribution in [0, 0.1) is 0 Å². The number of hydrogen-bond donors (Lipinski definition) is 1. The van der Waals surface area contributed by atoms with Crippen molar-refractivity contribution in [3.05, 3.63) is 78.0 Å². The first kappa shape index (κ1) is 19.2. The molecule has 5 nitrogen and oxygen atoms in total. The zero-order chi connectivity index (χ0) is 20.1. The standard InChI is InChI=1S/C20H15F3N2O3/c1-27-16-11-17(19(26)24-14-7-3-2-4-8-14)25-18(12-16)28-15-9-5-6-13(10-15)20(21,22)23/h2-12H,1H3,(H,24,26). The van der Waals surface area contributed by atoms with Gasteiger partial charge in [0.25, 0.3) is 5.91 Å². The third-order valence-electron chi connectivity index (χ3n) is 3.66. The fourth-order valence-electron chi connectivity index (χ4n) is 2.34. The van der Waals surface area contributed by atoms with E-state index >= 15 is 0 Å². The molecule has 0 atom stereocenters. The van der Waals surface area contributed by atoms with Gasteiger partial charge in [-0.2, -0.15) is 13.2 Å². The number of carbonyl (C=O) groups excluding carboxylic acids is 1. The molecule has 0 aliphatic heterocycles. The van der Waals surface area contributed by atoms with Gasteiger partial charge in [-0.05, 0) is 30.3 Å². The van der Waals surface area contributed by atoms with E-state index in [0.29, 0.717) is 5.69 Å². The Labute approximate surface area is 158 Å². The second-order valence-electron chi connectivity index (χ2n) is 5.68. The highest BCUT2D eigenvalue weighted by molar-refractivity contribution is 6.03. The number of alkyl halides is 3. The molecule has 0 radical (unpaired) electrons. The van der Waals surface area contributed by atoms with Crippen LogP contribution in [0.3, 0.4) is 0 Å². The van der Waals surface area contributed by atoms with Gasteiger partial charge in [0.1, 0.15) is 17.2 Å². The van der Waals surface area contributed by atoms with Crippen LogP contribution in [0.15, 0.2) is 66.7 Å². The highest BCUT2D eigenvalue weighted by atomic mass is 19.4. The van der Waals surface area contributed by atoms with Crippen molar-refractivity contribution in [1.29, 1.82) is 0 Å². The van der Waals surface area contributed by atoms with Crippen LogP contribution in [0.25, 0.3) is 0 Å². The molecule has 1 N–H and O–H groups in total. The van der Waals surface area contributed by atoms with E-state index in [4.69, 9.17) is 9.47 Å². The zero-order valence-corrected chi connectivity index (χ0v) is 14.7. The third kappa shape index (κ3) is 4.79. The SMILES string of the molecule is COc1cc(Oc2cccc(C(F)(F)F)c2)nc(C(=O)Nc2ccccc2)c1. The van der Waals surface area contributed by atoms with Gasteiger partial charge in [0, 0.05) is 17.8 Å². The molecule has 1 aromatic heterocycles. The molecule has 0 fully saturated rings. The van der Waals surface area contributed by atoms with E-state index in [2.05, 4.69) is 10.3 Å². The normalized spacial score (nSPS) is 11.0. The van der Waals surface area contributed by atoms with Gasteiger partial charge < -0.3 is 14.8 Å². The van der Waals surface area contributed by atoms with Crippen molar-refractivity contribution < 1.29 is 27.4 Å². The van der Waals surface area contributed by atoms with Crippen molar-refractivity contribution in [1.82, 2.24) is 4.98 Å². The molecule has 0 bridgehead atoms. The summed E-state index contributed by atoms with van der Waals surface area (Å²) < 4.78 is 49.1. The van der Waals surface area contributed by atoms with Gasteiger partial charge in [-0.1, -0.05) is 24.3 Å². The third-order valence-corrected chi connectivity index (χ3v) is 3.66. The van der Waals surface area contributed by atoms with E-state index in [1.165, 1.54) is 31.4 Å². The number of hydrogen-bond acceptors (Lipinski definition) is 4. The van der Waals surface area contributed by atoms with E-state index in [9.17, 15) is 18.0 Å². The van der Waals surface area contributed by atoms with E-state index in [-0.39, 0.29) is 23.1 Å². The summed E-state index contributed by atoms with van der Waals surface area (Å²) in [6.07, 6.45) is -4.50. The number of carbonyl (C=O) groups is 1. The van der Waals surface area contributed by atoms with Crippen molar-refractivity contribution in [2.45, 2.75) is 6.18 Å². The molecule has 2 aromatic carbocycles. The molecular weight excluding hydrogens is 373 g/mol. The van der Waals surface area contributed by atoms with Crippen LogP contribution in [-0.2, 0) is 6.18 Å². The molecule has 1 heterocycles. The topological polar surface area (TPSA) is 60.5 Å². The Bertz CT molecular complexity index is 976. The number of pyridine rings is 1. The molecule has 8 heteroatoms. The predicted molar refractivity (Wildman–Crippen MR) is 96.7 cm³/mol. The van der Waals surface area contributed by atoms with E-state index < -0.39 is 17.6 Å². The summed E-state index contributed by atoms with van der Waals surface area (Å²) in [5, 5.41) is 2.67. The minimum Gasteiger partial charge on any atom is -0.496 e. The number of halogens is 3. The number of amides is 1. The van der Waals surface area contributed by atoms with Gasteiger partial charge in [-0.3, -0.25) is 4.79 Å². The van der Waals surface area contributed by atoms with Crippen LogP contribution in [-0.4, -0.2) is 18.0 Å². The van der Waals surface area contributed by atoms with Crippen molar-refractivity contribution in [2.24, 2.45) is 0 Å². The lowest BCUT2D eigenvalue weighted by Gasteiger charge is -2.11. The molecule has 1 amide bonds. The van der Waals surface area contributed by atoms with Crippen molar-refractivity contribution in [3.63, 3.8) is 0 Å². The van der Waals surface area contributed by atoms with Crippen LogP contribution in [0.1, 0.15) is 16.1 Å². The Morgan fingerprint density at radius 3 is 2.39 bits per heavy atom. The monoisotopic (exact) mass is 388 g/mol. The molecule has 0 unspecified atom stereocenters. The first-order valence-electron chi connectivity index (χ1n) is 8.13. The first-order chi connectivity index (χ1) is 13.3. The Kier molecular flexibility index (Phi) is 5.49. The van der Waals surface area contributed by atoms with Crippen LogP contribution < -0.4 is 14.8 Å². The van der Waals surface area contributed by atoms with Crippen molar-refractivity contribution in [3.8, 4) is 17.4 Å². The quantitative estimate of drug-likeness (QED) is 0.656. The molecule has 0 saturated carbocycles. The van der Waals surface area contributed by atoms with Crippen LogP contribution in [0.2, 0.25) is 0 Å². The summed E-state index contributed by atoms with van der Waals surface area (Å²) in [5.41, 5.74) is -0.294. The lowest BCUT2D eigenvalue weighted by molar-refractivity contribution is -0.137. The fraction of sp³-hybridized carbons (Fsp3) is 0.100. The number of nitrogens with zero attached hydrogens (tertiary/aromatic N) is 1. The van der Waals surface area contributed by atoms with E-state index in [1.54, 1.807) is 30.3 Å². The molecule has 3 rings (SSSR count). The molecule has 144 valence electrons. The summed E-state index contributed by atoms with van der Waals surface area (Å²) >= 11 is 0. The maximum absolute atomic E-state index is 12.9. The number of para-hydroxylation sites is 1. The maximum atomic E-state index is 12.9. The largest absolute Gasteiger partial charge is 0.496 e. The summed E-state index contributed by atoms with van der Waals surface area (Å²) in [5.74, 6) is -0.379. The number of nitrogens with one attached hydrogen (secondary N) is 1. The number of rotatable bonds is 5. The zero-order valence-electron chi connectivity index (χ0n) is 14.7. The van der Waals surface area contributed by atoms with Crippen LogP contribution in [0.5, 0.6) is 17.4 Å². The first-order valence-corrected chi connectivity index (χ1v) is 8.13. The summed E-state index contributed by atoms with van der Waals surface area (Å²) in [6, 6.07) is 15.9. The lowest BCUT2D eigenvalue weighted by Crippen LogP contribution is -2.14. The summed E-state index contributed by atoms with van der Waals surface area (Å²) in [7, 11) is 1.39.